The molecule has 1 aromatic carbocycles. The third-order valence-electron chi connectivity index (χ3n) is 5.17. The summed E-state index contributed by atoms with van der Waals surface area (Å²) in [6.45, 7) is 3.56. The summed E-state index contributed by atoms with van der Waals surface area (Å²) in [5, 5.41) is 3.19. The topological polar surface area (TPSA) is 117 Å². The van der Waals surface area contributed by atoms with Crippen molar-refractivity contribution in [2.24, 2.45) is 0 Å². The van der Waals surface area contributed by atoms with E-state index in [1.165, 1.54) is 4.31 Å². The van der Waals surface area contributed by atoms with Gasteiger partial charge >= 0.3 is 0 Å². The van der Waals surface area contributed by atoms with Crippen LogP contribution >= 0.6 is 11.7 Å². The van der Waals surface area contributed by atoms with Crippen LogP contribution in [0.25, 0.3) is 11.0 Å². The molecule has 1 saturated heterocycles. The smallest absolute Gasteiger partial charge is 0.245 e. The molecule has 10 nitrogen and oxygen atoms in total. The Morgan fingerprint density at radius 1 is 0.969 bits per heavy atom. The molecule has 12 heteroatoms. The van der Waals surface area contributed by atoms with Crippen molar-refractivity contribution in [1.29, 1.82) is 0 Å². The fourth-order valence-electron chi connectivity index (χ4n) is 3.63. The number of benzene rings is 1. The molecule has 164 valence electrons. The van der Waals surface area contributed by atoms with Gasteiger partial charge in [0.1, 0.15) is 39.2 Å². The van der Waals surface area contributed by atoms with E-state index in [1.807, 2.05) is 31.2 Å². The number of hydrogen-bond acceptors (Lipinski definition) is 10. The molecular weight excluding hydrogens is 448 g/mol. The van der Waals surface area contributed by atoms with Crippen molar-refractivity contribution >= 4 is 50.2 Å². The molecule has 0 aliphatic carbocycles. The van der Waals surface area contributed by atoms with Gasteiger partial charge in [0, 0.05) is 38.4 Å². The van der Waals surface area contributed by atoms with Gasteiger partial charge in [0.15, 0.2) is 0 Å². The van der Waals surface area contributed by atoms with Crippen LogP contribution in [0.1, 0.15) is 5.82 Å². The third-order valence-corrected chi connectivity index (χ3v) is 7.65. The molecule has 0 amide bonds. The van der Waals surface area contributed by atoms with Crippen LogP contribution in [-0.2, 0) is 10.0 Å². The van der Waals surface area contributed by atoms with E-state index < -0.39 is 10.0 Å². The van der Waals surface area contributed by atoms with E-state index in [1.54, 1.807) is 24.4 Å². The average molecular weight is 469 g/mol. The summed E-state index contributed by atoms with van der Waals surface area (Å²) in [6, 6.07) is 12.5. The summed E-state index contributed by atoms with van der Waals surface area (Å²) >= 11 is 1.01. The van der Waals surface area contributed by atoms with Gasteiger partial charge in [-0.1, -0.05) is 12.1 Å². The first kappa shape index (κ1) is 20.7. The minimum atomic E-state index is -3.66. The molecule has 32 heavy (non-hydrogen) atoms. The summed E-state index contributed by atoms with van der Waals surface area (Å²) in [4.78, 5) is 15.5. The number of nitrogens with one attached hydrogen (secondary N) is 1. The van der Waals surface area contributed by atoms with Gasteiger partial charge in [-0.25, -0.2) is 23.4 Å². The molecule has 0 bridgehead atoms. The molecule has 0 spiro atoms. The van der Waals surface area contributed by atoms with Crippen molar-refractivity contribution < 1.29 is 8.42 Å². The summed E-state index contributed by atoms with van der Waals surface area (Å²) < 4.78 is 36.3. The van der Waals surface area contributed by atoms with Crippen LogP contribution in [0.2, 0.25) is 0 Å². The van der Waals surface area contributed by atoms with Crippen LogP contribution in [0.4, 0.5) is 17.5 Å². The van der Waals surface area contributed by atoms with E-state index in [-0.39, 0.29) is 4.90 Å². The van der Waals surface area contributed by atoms with E-state index in [4.69, 9.17) is 0 Å². The van der Waals surface area contributed by atoms with Gasteiger partial charge in [0.25, 0.3) is 0 Å². The zero-order valence-electron chi connectivity index (χ0n) is 17.2. The van der Waals surface area contributed by atoms with Gasteiger partial charge < -0.3 is 10.2 Å². The van der Waals surface area contributed by atoms with Crippen LogP contribution in [0.3, 0.4) is 0 Å². The molecule has 0 saturated carbocycles. The Labute approximate surface area is 189 Å². The Morgan fingerprint density at radius 3 is 2.59 bits per heavy atom. The molecule has 1 aliphatic rings. The van der Waals surface area contributed by atoms with Gasteiger partial charge in [0.2, 0.25) is 10.0 Å². The Hall–Kier alpha value is -3.22. The van der Waals surface area contributed by atoms with Crippen LogP contribution < -0.4 is 10.2 Å². The molecule has 4 heterocycles. The number of sulfonamides is 1. The van der Waals surface area contributed by atoms with Crippen LogP contribution in [0.15, 0.2) is 53.6 Å². The number of nitrogens with zero attached hydrogens (tertiary/aromatic N) is 7. The SMILES string of the molecule is Cc1nc(Nc2ccccn2)cc(N2CCN(S(=O)(=O)c3cccc4nsnc34)CC2)n1. The van der Waals surface area contributed by atoms with Crippen LogP contribution in [0.5, 0.6) is 0 Å². The highest BCUT2D eigenvalue weighted by Crippen LogP contribution is 2.26. The maximum absolute atomic E-state index is 13.3. The lowest BCUT2D eigenvalue weighted by Crippen LogP contribution is -2.49. The van der Waals surface area contributed by atoms with Crippen LogP contribution in [-0.4, -0.2) is 62.6 Å². The quantitative estimate of drug-likeness (QED) is 0.471. The number of hydrogen-bond donors (Lipinski definition) is 1. The first-order valence-corrected chi connectivity index (χ1v) is 12.2. The van der Waals surface area contributed by atoms with Crippen molar-refractivity contribution in [2.75, 3.05) is 36.4 Å². The number of aryl methyl sites for hydroxylation is 1. The van der Waals surface area contributed by atoms with Gasteiger partial charge in [-0.2, -0.15) is 13.1 Å². The highest BCUT2D eigenvalue weighted by atomic mass is 32.2. The number of rotatable bonds is 5. The van der Waals surface area contributed by atoms with E-state index >= 15 is 0 Å². The van der Waals surface area contributed by atoms with E-state index in [2.05, 4.69) is 33.9 Å². The fourth-order valence-corrected chi connectivity index (χ4v) is 5.81. The van der Waals surface area contributed by atoms with Crippen molar-refractivity contribution in [2.45, 2.75) is 11.8 Å². The zero-order valence-corrected chi connectivity index (χ0v) is 18.8. The summed E-state index contributed by atoms with van der Waals surface area (Å²) in [5.74, 6) is 2.71. The number of anilines is 3. The maximum Gasteiger partial charge on any atom is 0.245 e. The van der Waals surface area contributed by atoms with Gasteiger partial charge in [0.05, 0.1) is 11.7 Å². The average Bonchev–Trinajstić information content (AvgIpc) is 3.28. The second-order valence-electron chi connectivity index (χ2n) is 7.28. The van der Waals surface area contributed by atoms with Crippen LogP contribution in [0, 0.1) is 6.92 Å². The molecule has 1 fully saturated rings. The Morgan fingerprint density at radius 2 is 1.81 bits per heavy atom. The number of aromatic nitrogens is 5. The Bertz CT molecular complexity index is 1350. The highest BCUT2D eigenvalue weighted by Gasteiger charge is 2.31. The lowest BCUT2D eigenvalue weighted by molar-refractivity contribution is 0.384. The second kappa shape index (κ2) is 8.37. The largest absolute Gasteiger partial charge is 0.354 e. The van der Waals surface area contributed by atoms with Gasteiger partial charge in [-0.3, -0.25) is 0 Å². The zero-order chi connectivity index (χ0) is 22.1. The Balaban J connectivity index is 1.33. The summed E-state index contributed by atoms with van der Waals surface area (Å²) in [6.07, 6.45) is 1.71. The Kier molecular flexibility index (Phi) is 5.41. The fraction of sp³-hybridized carbons (Fsp3) is 0.250. The van der Waals surface area contributed by atoms with E-state index in [0.29, 0.717) is 54.7 Å². The summed E-state index contributed by atoms with van der Waals surface area (Å²) in [5.41, 5.74) is 1.02. The molecule has 0 unspecified atom stereocenters. The lowest BCUT2D eigenvalue weighted by atomic mass is 10.3. The summed E-state index contributed by atoms with van der Waals surface area (Å²) in [7, 11) is -3.66. The maximum atomic E-state index is 13.3. The molecule has 3 aromatic heterocycles. The lowest BCUT2D eigenvalue weighted by Gasteiger charge is -2.34. The normalized spacial score (nSPS) is 15.2. The van der Waals surface area contributed by atoms with Crippen molar-refractivity contribution in [3.63, 3.8) is 0 Å². The molecule has 5 rings (SSSR count). The van der Waals surface area contributed by atoms with Gasteiger partial charge in [-0.15, -0.1) is 0 Å². The molecule has 0 radical (unpaired) electrons. The van der Waals surface area contributed by atoms with E-state index in [0.717, 1.165) is 17.5 Å². The number of fused-ring (bicyclic) bond motifs is 1. The molecule has 1 N–H and O–H groups in total. The number of piperazine rings is 1. The van der Waals surface area contributed by atoms with Crippen molar-refractivity contribution in [1.82, 2.24) is 28.0 Å². The first-order chi connectivity index (χ1) is 15.5. The minimum Gasteiger partial charge on any atom is -0.354 e. The predicted octanol–water partition coefficient (Wildman–Crippen LogP) is 2.44. The molecule has 0 atom stereocenters. The predicted molar refractivity (Wildman–Crippen MR) is 123 cm³/mol. The minimum absolute atomic E-state index is 0.205. The first-order valence-electron chi connectivity index (χ1n) is 10.0. The van der Waals surface area contributed by atoms with Gasteiger partial charge in [-0.05, 0) is 31.2 Å². The third kappa shape index (κ3) is 3.99. The standard InChI is InChI=1S/C20H20N8O2S2/c1-14-22-18(24-17-7-2-3-8-21-17)13-19(23-14)27-9-11-28(12-10-27)32(29,30)16-6-4-5-15-20(16)26-31-25-15/h2-8,13H,9-12H2,1H3,(H,21,22,23,24). The molecular formula is C20H20N8O2S2. The molecule has 1 aliphatic heterocycles. The molecule has 4 aromatic rings. The monoisotopic (exact) mass is 468 g/mol. The number of pyridine rings is 1. The van der Waals surface area contributed by atoms with Crippen molar-refractivity contribution in [3.8, 4) is 0 Å². The second-order valence-corrected chi connectivity index (χ2v) is 9.71. The van der Waals surface area contributed by atoms with E-state index in [9.17, 15) is 8.42 Å². The highest BCUT2D eigenvalue weighted by molar-refractivity contribution is 7.89. The van der Waals surface area contributed by atoms with Crippen molar-refractivity contribution in [3.05, 3.63) is 54.5 Å².